The fourth-order valence-corrected chi connectivity index (χ4v) is 1.94. The third-order valence-corrected chi connectivity index (χ3v) is 3.18. The zero-order valence-corrected chi connectivity index (χ0v) is 13.2. The van der Waals surface area contributed by atoms with Crippen molar-refractivity contribution < 1.29 is 14.3 Å². The molecule has 0 saturated heterocycles. The summed E-state index contributed by atoms with van der Waals surface area (Å²) in [7, 11) is 0. The van der Waals surface area contributed by atoms with Crippen molar-refractivity contribution in [3.63, 3.8) is 0 Å². The second-order valence-corrected chi connectivity index (χ2v) is 5.25. The number of anilines is 1. The number of carbonyl (C=O) groups is 2. The van der Waals surface area contributed by atoms with Gasteiger partial charge in [0.2, 0.25) is 11.8 Å². The van der Waals surface area contributed by atoms with E-state index in [2.05, 4.69) is 10.6 Å². The van der Waals surface area contributed by atoms with Gasteiger partial charge in [0.25, 0.3) is 0 Å². The monoisotopic (exact) mass is 332 g/mol. The molecule has 2 aromatic carbocycles. The van der Waals surface area contributed by atoms with Crippen molar-refractivity contribution in [1.82, 2.24) is 5.32 Å². The van der Waals surface area contributed by atoms with E-state index in [-0.39, 0.29) is 25.0 Å². The van der Waals surface area contributed by atoms with E-state index in [4.69, 9.17) is 16.3 Å². The fourth-order valence-electron chi connectivity index (χ4n) is 1.81. The van der Waals surface area contributed by atoms with Crippen molar-refractivity contribution in [2.75, 3.05) is 18.5 Å². The molecule has 2 rings (SSSR count). The van der Waals surface area contributed by atoms with E-state index >= 15 is 0 Å². The summed E-state index contributed by atoms with van der Waals surface area (Å²) in [6, 6.07) is 16.3. The normalized spacial score (nSPS) is 10.1. The summed E-state index contributed by atoms with van der Waals surface area (Å²) in [6.07, 6.45) is 0. The Labute approximate surface area is 139 Å². The number of hydrogen-bond donors (Lipinski definition) is 2. The van der Waals surface area contributed by atoms with Crippen LogP contribution in [-0.4, -0.2) is 25.0 Å². The number of benzene rings is 2. The molecule has 2 aromatic rings. The van der Waals surface area contributed by atoms with Gasteiger partial charge in [0.15, 0.2) is 0 Å². The molecule has 120 valence electrons. The maximum absolute atomic E-state index is 11.7. The van der Waals surface area contributed by atoms with Gasteiger partial charge in [0.1, 0.15) is 13.2 Å². The van der Waals surface area contributed by atoms with Gasteiger partial charge in [-0.2, -0.15) is 0 Å². The Hall–Kier alpha value is -2.37. The van der Waals surface area contributed by atoms with Crippen LogP contribution in [0.5, 0.6) is 0 Å². The molecule has 0 spiro atoms. The SMILES string of the molecule is O=C(COCC(=O)Nc1ccc(Cl)cc1)NCc1ccccc1. The highest BCUT2D eigenvalue weighted by Gasteiger charge is 2.06. The maximum atomic E-state index is 11.7. The van der Waals surface area contributed by atoms with Crippen LogP contribution in [0.3, 0.4) is 0 Å². The smallest absolute Gasteiger partial charge is 0.250 e. The Balaban J connectivity index is 1.63. The Kier molecular flexibility index (Phi) is 6.59. The van der Waals surface area contributed by atoms with Gasteiger partial charge in [-0.3, -0.25) is 9.59 Å². The Morgan fingerprint density at radius 3 is 2.26 bits per heavy atom. The second kappa shape index (κ2) is 8.92. The summed E-state index contributed by atoms with van der Waals surface area (Å²) < 4.78 is 5.09. The lowest BCUT2D eigenvalue weighted by Gasteiger charge is -2.07. The molecule has 0 aliphatic heterocycles. The molecule has 0 bridgehead atoms. The Bertz CT molecular complexity index is 645. The quantitative estimate of drug-likeness (QED) is 0.819. The summed E-state index contributed by atoms with van der Waals surface area (Å²) in [4.78, 5) is 23.3. The standard InChI is InChI=1S/C17H17ClN2O3/c18-14-6-8-15(9-7-14)20-17(22)12-23-11-16(21)19-10-13-4-2-1-3-5-13/h1-9H,10-12H2,(H,19,21)(H,20,22). The average Bonchev–Trinajstić information content (AvgIpc) is 2.56. The van der Waals surface area contributed by atoms with E-state index < -0.39 is 0 Å². The van der Waals surface area contributed by atoms with Crippen molar-refractivity contribution in [3.8, 4) is 0 Å². The van der Waals surface area contributed by atoms with Crippen molar-refractivity contribution in [3.05, 3.63) is 65.2 Å². The number of hydrogen-bond acceptors (Lipinski definition) is 3. The molecule has 0 aliphatic carbocycles. The van der Waals surface area contributed by atoms with Gasteiger partial charge in [-0.1, -0.05) is 41.9 Å². The predicted molar refractivity (Wildman–Crippen MR) is 89.2 cm³/mol. The molecule has 0 atom stereocenters. The van der Waals surface area contributed by atoms with E-state index in [1.165, 1.54) is 0 Å². The molecule has 0 fully saturated rings. The molecule has 0 unspecified atom stereocenters. The van der Waals surface area contributed by atoms with Crippen LogP contribution < -0.4 is 10.6 Å². The maximum Gasteiger partial charge on any atom is 0.250 e. The molecule has 0 aliphatic rings. The van der Waals surface area contributed by atoms with Crippen LogP contribution in [0.25, 0.3) is 0 Å². The number of carbonyl (C=O) groups excluding carboxylic acids is 2. The molecule has 0 heterocycles. The topological polar surface area (TPSA) is 67.4 Å². The van der Waals surface area contributed by atoms with Gasteiger partial charge in [-0.15, -0.1) is 0 Å². The first-order valence-electron chi connectivity index (χ1n) is 7.07. The highest BCUT2D eigenvalue weighted by molar-refractivity contribution is 6.30. The van der Waals surface area contributed by atoms with Crippen LogP contribution in [0.4, 0.5) is 5.69 Å². The molecule has 0 saturated carbocycles. The van der Waals surface area contributed by atoms with Gasteiger partial charge < -0.3 is 15.4 Å². The van der Waals surface area contributed by atoms with Crippen molar-refractivity contribution in [2.24, 2.45) is 0 Å². The molecule has 2 amide bonds. The predicted octanol–water partition coefficient (Wildman–Crippen LogP) is 2.61. The number of halogens is 1. The third kappa shape index (κ3) is 6.50. The molecule has 23 heavy (non-hydrogen) atoms. The highest BCUT2D eigenvalue weighted by atomic mass is 35.5. The molecule has 0 aromatic heterocycles. The molecule has 2 N–H and O–H groups in total. The molecular weight excluding hydrogens is 316 g/mol. The third-order valence-electron chi connectivity index (χ3n) is 2.93. The molecule has 0 radical (unpaired) electrons. The largest absolute Gasteiger partial charge is 0.362 e. The first-order chi connectivity index (χ1) is 11.1. The van der Waals surface area contributed by atoms with E-state index in [1.54, 1.807) is 24.3 Å². The highest BCUT2D eigenvalue weighted by Crippen LogP contribution is 2.13. The summed E-state index contributed by atoms with van der Waals surface area (Å²) in [6.45, 7) is 0.0717. The molecule has 6 heteroatoms. The minimum absolute atomic E-state index is 0.166. The van der Waals surface area contributed by atoms with Gasteiger partial charge >= 0.3 is 0 Å². The summed E-state index contributed by atoms with van der Waals surface area (Å²) in [5.41, 5.74) is 1.62. The van der Waals surface area contributed by atoms with Crippen LogP contribution in [0.2, 0.25) is 5.02 Å². The Morgan fingerprint density at radius 1 is 0.913 bits per heavy atom. The van der Waals surface area contributed by atoms with E-state index in [9.17, 15) is 9.59 Å². The lowest BCUT2D eigenvalue weighted by Crippen LogP contribution is -2.29. The van der Waals surface area contributed by atoms with Gasteiger partial charge in [0, 0.05) is 17.3 Å². The summed E-state index contributed by atoms with van der Waals surface area (Å²) >= 11 is 5.76. The van der Waals surface area contributed by atoms with Gasteiger partial charge in [0.05, 0.1) is 0 Å². The van der Waals surface area contributed by atoms with Gasteiger partial charge in [-0.25, -0.2) is 0 Å². The first-order valence-corrected chi connectivity index (χ1v) is 7.45. The molecule has 5 nitrogen and oxygen atoms in total. The minimum atomic E-state index is -0.330. The van der Waals surface area contributed by atoms with Crippen LogP contribution in [0.1, 0.15) is 5.56 Å². The van der Waals surface area contributed by atoms with Gasteiger partial charge in [-0.05, 0) is 29.8 Å². The second-order valence-electron chi connectivity index (χ2n) is 4.81. The van der Waals surface area contributed by atoms with Crippen LogP contribution in [0.15, 0.2) is 54.6 Å². The summed E-state index contributed by atoms with van der Waals surface area (Å²) in [5, 5.41) is 5.96. The zero-order chi connectivity index (χ0) is 16.5. The number of rotatable bonds is 7. The number of ether oxygens (including phenoxy) is 1. The number of amides is 2. The van der Waals surface area contributed by atoms with Crippen molar-refractivity contribution in [1.29, 1.82) is 0 Å². The van der Waals surface area contributed by atoms with Crippen molar-refractivity contribution in [2.45, 2.75) is 6.54 Å². The first kappa shape index (κ1) is 17.0. The van der Waals surface area contributed by atoms with Crippen LogP contribution >= 0.6 is 11.6 Å². The van der Waals surface area contributed by atoms with Crippen LogP contribution in [0, 0.1) is 0 Å². The lowest BCUT2D eigenvalue weighted by atomic mass is 10.2. The molecular formula is C17H17ClN2O3. The van der Waals surface area contributed by atoms with E-state index in [0.29, 0.717) is 17.3 Å². The minimum Gasteiger partial charge on any atom is -0.362 e. The average molecular weight is 333 g/mol. The zero-order valence-electron chi connectivity index (χ0n) is 12.4. The van der Waals surface area contributed by atoms with E-state index in [1.807, 2.05) is 30.3 Å². The Morgan fingerprint density at radius 2 is 1.57 bits per heavy atom. The number of nitrogens with one attached hydrogen (secondary N) is 2. The van der Waals surface area contributed by atoms with E-state index in [0.717, 1.165) is 5.56 Å². The summed E-state index contributed by atoms with van der Waals surface area (Å²) in [5.74, 6) is -0.601. The fraction of sp³-hybridized carbons (Fsp3) is 0.176. The van der Waals surface area contributed by atoms with Crippen LogP contribution in [-0.2, 0) is 20.9 Å². The van der Waals surface area contributed by atoms with Crippen molar-refractivity contribution >= 4 is 29.1 Å². The lowest BCUT2D eigenvalue weighted by molar-refractivity contribution is -0.128.